The lowest BCUT2D eigenvalue weighted by Gasteiger charge is -2.13. The molecule has 1 N–H and O–H groups in total. The van der Waals surface area contributed by atoms with Gasteiger partial charge in [0.05, 0.1) is 18.4 Å². The maximum absolute atomic E-state index is 12.7. The Bertz CT molecular complexity index is 900. The lowest BCUT2D eigenvalue weighted by Crippen LogP contribution is -2.28. The number of nitrogens with one attached hydrogen (secondary N) is 1. The summed E-state index contributed by atoms with van der Waals surface area (Å²) in [6, 6.07) is 13.1. The van der Waals surface area contributed by atoms with Crippen molar-refractivity contribution in [2.45, 2.75) is 13.8 Å². The summed E-state index contributed by atoms with van der Waals surface area (Å²) in [6.45, 7) is 3.93. The van der Waals surface area contributed by atoms with E-state index in [1.165, 1.54) is 7.05 Å². The molecule has 1 aliphatic rings. The Balaban J connectivity index is 2.15. The standard InChI is InChI=1S/C20H20N2O3/c1-12-9-10-14(13(2)11-12)17-18(20(24)22(3)19(17)23)21-15-7-5-6-8-16(15)25-4/h5-11,21H,1-4H3. The Morgan fingerprint density at radius 2 is 1.72 bits per heavy atom. The number of para-hydroxylation sites is 2. The van der Waals surface area contributed by atoms with E-state index in [0.29, 0.717) is 17.0 Å². The van der Waals surface area contributed by atoms with Gasteiger partial charge >= 0.3 is 0 Å². The summed E-state index contributed by atoms with van der Waals surface area (Å²) in [5, 5.41) is 3.10. The van der Waals surface area contributed by atoms with Crippen LogP contribution in [0.4, 0.5) is 5.69 Å². The minimum absolute atomic E-state index is 0.268. The van der Waals surface area contributed by atoms with Crippen molar-refractivity contribution in [3.05, 3.63) is 64.9 Å². The van der Waals surface area contributed by atoms with Crippen molar-refractivity contribution >= 4 is 23.1 Å². The number of amides is 2. The van der Waals surface area contributed by atoms with Gasteiger partial charge in [0.15, 0.2) is 0 Å². The average molecular weight is 336 g/mol. The van der Waals surface area contributed by atoms with E-state index >= 15 is 0 Å². The van der Waals surface area contributed by atoms with E-state index in [0.717, 1.165) is 21.6 Å². The molecule has 0 aromatic heterocycles. The second-order valence-electron chi connectivity index (χ2n) is 6.06. The highest BCUT2D eigenvalue weighted by atomic mass is 16.5. The first-order valence-electron chi connectivity index (χ1n) is 7.98. The number of likely N-dealkylation sites (N-methyl/N-ethyl adjacent to an activating group) is 1. The maximum Gasteiger partial charge on any atom is 0.277 e. The zero-order chi connectivity index (χ0) is 18.1. The van der Waals surface area contributed by atoms with Crippen LogP contribution in [0.5, 0.6) is 5.75 Å². The Morgan fingerprint density at radius 1 is 1.00 bits per heavy atom. The number of benzene rings is 2. The van der Waals surface area contributed by atoms with Gasteiger partial charge < -0.3 is 10.1 Å². The summed E-state index contributed by atoms with van der Waals surface area (Å²) < 4.78 is 5.33. The zero-order valence-corrected chi connectivity index (χ0v) is 14.7. The summed E-state index contributed by atoms with van der Waals surface area (Å²) in [6.07, 6.45) is 0. The number of carbonyl (C=O) groups is 2. The third-order valence-corrected chi connectivity index (χ3v) is 4.30. The van der Waals surface area contributed by atoms with Crippen molar-refractivity contribution in [3.63, 3.8) is 0 Å². The zero-order valence-electron chi connectivity index (χ0n) is 14.7. The lowest BCUT2D eigenvalue weighted by atomic mass is 9.97. The number of nitrogens with zero attached hydrogens (tertiary/aromatic N) is 1. The molecule has 5 nitrogen and oxygen atoms in total. The molecule has 0 radical (unpaired) electrons. The van der Waals surface area contributed by atoms with Crippen molar-refractivity contribution in [3.8, 4) is 5.75 Å². The Kier molecular flexibility index (Phi) is 4.31. The largest absolute Gasteiger partial charge is 0.495 e. The van der Waals surface area contributed by atoms with E-state index in [-0.39, 0.29) is 17.5 Å². The molecule has 1 aliphatic heterocycles. The van der Waals surface area contributed by atoms with Crippen LogP contribution in [0.15, 0.2) is 48.2 Å². The summed E-state index contributed by atoms with van der Waals surface area (Å²) in [5.41, 5.74) is 4.10. The van der Waals surface area contributed by atoms with Crippen molar-refractivity contribution in [1.29, 1.82) is 0 Å². The number of aryl methyl sites for hydroxylation is 2. The van der Waals surface area contributed by atoms with Gasteiger partial charge in [-0.25, -0.2) is 0 Å². The van der Waals surface area contributed by atoms with Crippen LogP contribution >= 0.6 is 0 Å². The molecule has 0 saturated carbocycles. The van der Waals surface area contributed by atoms with Crippen molar-refractivity contribution < 1.29 is 14.3 Å². The molecule has 2 aromatic carbocycles. The summed E-state index contributed by atoms with van der Waals surface area (Å²) in [4.78, 5) is 26.4. The average Bonchev–Trinajstić information content (AvgIpc) is 2.80. The van der Waals surface area contributed by atoms with Gasteiger partial charge in [-0.2, -0.15) is 0 Å². The van der Waals surface area contributed by atoms with Crippen LogP contribution in [-0.2, 0) is 9.59 Å². The fourth-order valence-corrected chi connectivity index (χ4v) is 2.98. The first-order chi connectivity index (χ1) is 11.9. The number of ether oxygens (including phenoxy) is 1. The monoisotopic (exact) mass is 336 g/mol. The normalized spacial score (nSPS) is 14.3. The van der Waals surface area contributed by atoms with Crippen LogP contribution < -0.4 is 10.1 Å². The highest BCUT2D eigenvalue weighted by Gasteiger charge is 2.37. The number of hydrogen-bond donors (Lipinski definition) is 1. The molecule has 0 unspecified atom stereocenters. The molecule has 5 heteroatoms. The van der Waals surface area contributed by atoms with Gasteiger partial charge in [0, 0.05) is 7.05 Å². The molecule has 1 heterocycles. The number of methoxy groups -OCH3 is 1. The minimum atomic E-state index is -0.356. The highest BCUT2D eigenvalue weighted by Crippen LogP contribution is 2.33. The molecule has 2 aromatic rings. The van der Waals surface area contributed by atoms with E-state index in [1.807, 2.05) is 50.2 Å². The third kappa shape index (κ3) is 2.89. The molecule has 0 spiro atoms. The van der Waals surface area contributed by atoms with Crippen LogP contribution in [0.25, 0.3) is 5.57 Å². The Labute approximate surface area is 146 Å². The topological polar surface area (TPSA) is 58.6 Å². The van der Waals surface area contributed by atoms with E-state index in [1.54, 1.807) is 13.2 Å². The predicted octanol–water partition coefficient (Wildman–Crippen LogP) is 3.13. The SMILES string of the molecule is COc1ccccc1NC1=C(c2ccc(C)cc2C)C(=O)N(C)C1=O. The van der Waals surface area contributed by atoms with Gasteiger partial charge in [-0.3, -0.25) is 14.5 Å². The molecule has 0 aliphatic carbocycles. The van der Waals surface area contributed by atoms with E-state index in [9.17, 15) is 9.59 Å². The van der Waals surface area contributed by atoms with E-state index in [4.69, 9.17) is 4.74 Å². The van der Waals surface area contributed by atoms with Gasteiger partial charge in [-0.15, -0.1) is 0 Å². The molecule has 0 fully saturated rings. The molecule has 25 heavy (non-hydrogen) atoms. The smallest absolute Gasteiger partial charge is 0.277 e. The number of imide groups is 1. The first-order valence-corrected chi connectivity index (χ1v) is 7.98. The van der Waals surface area contributed by atoms with Gasteiger partial charge in [0.1, 0.15) is 11.4 Å². The van der Waals surface area contributed by atoms with Crippen LogP contribution in [0.1, 0.15) is 16.7 Å². The Morgan fingerprint density at radius 3 is 2.40 bits per heavy atom. The Hall–Kier alpha value is -3.08. The molecular weight excluding hydrogens is 316 g/mol. The number of anilines is 1. The maximum atomic E-state index is 12.7. The lowest BCUT2D eigenvalue weighted by molar-refractivity contribution is -0.135. The highest BCUT2D eigenvalue weighted by molar-refractivity contribution is 6.36. The molecule has 0 bridgehead atoms. The molecule has 128 valence electrons. The first kappa shape index (κ1) is 16.8. The summed E-state index contributed by atoms with van der Waals surface area (Å²) in [5.74, 6) is -0.0648. The molecule has 0 atom stereocenters. The van der Waals surface area contributed by atoms with Crippen LogP contribution in [-0.4, -0.2) is 30.9 Å². The third-order valence-electron chi connectivity index (χ3n) is 4.30. The number of hydrogen-bond acceptors (Lipinski definition) is 4. The van der Waals surface area contributed by atoms with Crippen LogP contribution in [0.3, 0.4) is 0 Å². The van der Waals surface area contributed by atoms with Crippen LogP contribution in [0.2, 0.25) is 0 Å². The van der Waals surface area contributed by atoms with Crippen LogP contribution in [0, 0.1) is 13.8 Å². The van der Waals surface area contributed by atoms with E-state index in [2.05, 4.69) is 5.32 Å². The number of carbonyl (C=O) groups excluding carboxylic acids is 2. The van der Waals surface area contributed by atoms with E-state index < -0.39 is 0 Å². The van der Waals surface area contributed by atoms with Gasteiger partial charge in [-0.1, -0.05) is 35.9 Å². The molecule has 0 saturated heterocycles. The second-order valence-corrected chi connectivity index (χ2v) is 6.06. The van der Waals surface area contributed by atoms with Crippen molar-refractivity contribution in [2.75, 3.05) is 19.5 Å². The van der Waals surface area contributed by atoms with Gasteiger partial charge in [0.2, 0.25) is 0 Å². The fraction of sp³-hybridized carbons (Fsp3) is 0.200. The van der Waals surface area contributed by atoms with Crippen molar-refractivity contribution in [2.24, 2.45) is 0 Å². The minimum Gasteiger partial charge on any atom is -0.495 e. The predicted molar refractivity (Wildman–Crippen MR) is 97.2 cm³/mol. The summed E-state index contributed by atoms with van der Waals surface area (Å²) >= 11 is 0. The molecular formula is C20H20N2O3. The molecule has 2 amide bonds. The molecule has 3 rings (SSSR count). The van der Waals surface area contributed by atoms with Gasteiger partial charge in [-0.05, 0) is 37.1 Å². The van der Waals surface area contributed by atoms with Crippen molar-refractivity contribution in [1.82, 2.24) is 4.90 Å². The number of rotatable bonds is 4. The quantitative estimate of drug-likeness (QED) is 0.872. The second kappa shape index (κ2) is 6.43. The van der Waals surface area contributed by atoms with Gasteiger partial charge in [0.25, 0.3) is 11.8 Å². The summed E-state index contributed by atoms with van der Waals surface area (Å²) in [7, 11) is 3.05. The fourth-order valence-electron chi connectivity index (χ4n) is 2.98.